The molecule has 1 fully saturated rings. The lowest BCUT2D eigenvalue weighted by molar-refractivity contribution is 0.0687. The number of amides is 1. The van der Waals surface area contributed by atoms with Gasteiger partial charge in [0.1, 0.15) is 16.4 Å². The van der Waals surface area contributed by atoms with E-state index in [0.29, 0.717) is 23.5 Å². The summed E-state index contributed by atoms with van der Waals surface area (Å²) in [5, 5.41) is 2.55. The number of nitrogens with zero attached hydrogens (tertiary/aromatic N) is 4. The van der Waals surface area contributed by atoms with Gasteiger partial charge in [0.05, 0.1) is 6.20 Å². The van der Waals surface area contributed by atoms with E-state index < -0.39 is 0 Å². The third-order valence-electron chi connectivity index (χ3n) is 3.69. The molecular formula is C14H16N4OS. The van der Waals surface area contributed by atoms with Crippen LogP contribution in [-0.4, -0.2) is 37.8 Å². The van der Waals surface area contributed by atoms with Crippen molar-refractivity contribution in [3.8, 4) is 10.7 Å². The van der Waals surface area contributed by atoms with Crippen LogP contribution < -0.4 is 0 Å². The molecule has 3 rings (SSSR count). The zero-order chi connectivity index (χ0) is 14.1. The Morgan fingerprint density at radius 1 is 1.30 bits per heavy atom. The van der Waals surface area contributed by atoms with Crippen LogP contribution in [0.5, 0.6) is 0 Å². The Bertz CT molecular complexity index is 603. The van der Waals surface area contributed by atoms with Crippen LogP contribution in [0, 0.1) is 0 Å². The highest BCUT2D eigenvalue weighted by molar-refractivity contribution is 7.13. The molecule has 2 unspecified atom stereocenters. The van der Waals surface area contributed by atoms with Crippen LogP contribution >= 0.6 is 11.3 Å². The highest BCUT2D eigenvalue weighted by Gasteiger charge is 2.33. The van der Waals surface area contributed by atoms with Gasteiger partial charge in [-0.2, -0.15) is 0 Å². The molecule has 0 saturated carbocycles. The summed E-state index contributed by atoms with van der Waals surface area (Å²) in [6, 6.07) is 0.582. The van der Waals surface area contributed by atoms with Crippen molar-refractivity contribution in [3.63, 3.8) is 0 Å². The van der Waals surface area contributed by atoms with E-state index in [4.69, 9.17) is 0 Å². The van der Waals surface area contributed by atoms with Crippen LogP contribution in [0.2, 0.25) is 0 Å². The fourth-order valence-corrected chi connectivity index (χ4v) is 3.38. The van der Waals surface area contributed by atoms with Gasteiger partial charge in [0.25, 0.3) is 5.91 Å². The molecule has 1 saturated heterocycles. The zero-order valence-electron chi connectivity index (χ0n) is 11.5. The molecule has 0 bridgehead atoms. The first kappa shape index (κ1) is 13.2. The van der Waals surface area contributed by atoms with Crippen molar-refractivity contribution in [1.29, 1.82) is 0 Å². The second kappa shape index (κ2) is 5.28. The quantitative estimate of drug-likeness (QED) is 0.852. The van der Waals surface area contributed by atoms with E-state index in [2.05, 4.69) is 28.8 Å². The number of rotatable bonds is 2. The van der Waals surface area contributed by atoms with Crippen LogP contribution in [0.25, 0.3) is 10.7 Å². The molecule has 0 aliphatic carbocycles. The number of hydrogen-bond acceptors (Lipinski definition) is 5. The first-order valence-corrected chi connectivity index (χ1v) is 7.59. The topological polar surface area (TPSA) is 59.0 Å². The Balaban J connectivity index is 1.85. The Hall–Kier alpha value is -1.82. The van der Waals surface area contributed by atoms with Crippen molar-refractivity contribution in [3.05, 3.63) is 29.7 Å². The molecule has 2 aromatic rings. The standard InChI is InChI=1S/C14H16N4OS/c1-9-3-4-10(2)18(9)14(19)12-8-20-13(17-12)11-7-15-5-6-16-11/h5-10H,3-4H2,1-2H3. The summed E-state index contributed by atoms with van der Waals surface area (Å²) in [4.78, 5) is 27.1. The van der Waals surface area contributed by atoms with E-state index in [9.17, 15) is 4.79 Å². The van der Waals surface area contributed by atoms with Crippen LogP contribution in [0.15, 0.2) is 24.0 Å². The van der Waals surface area contributed by atoms with E-state index >= 15 is 0 Å². The van der Waals surface area contributed by atoms with Gasteiger partial charge in [-0.25, -0.2) is 4.98 Å². The van der Waals surface area contributed by atoms with Gasteiger partial charge >= 0.3 is 0 Å². The molecule has 0 spiro atoms. The highest BCUT2D eigenvalue weighted by atomic mass is 32.1. The summed E-state index contributed by atoms with van der Waals surface area (Å²) in [6.07, 6.45) is 7.04. The molecule has 2 aromatic heterocycles. The SMILES string of the molecule is CC1CCC(C)N1C(=O)c1csc(-c2cnccn2)n1. The molecule has 1 aliphatic heterocycles. The van der Waals surface area contributed by atoms with Gasteiger partial charge in [0, 0.05) is 29.9 Å². The first-order chi connectivity index (χ1) is 9.66. The lowest BCUT2D eigenvalue weighted by atomic mass is 10.2. The number of likely N-dealkylation sites (tertiary alicyclic amines) is 1. The average molecular weight is 288 g/mol. The summed E-state index contributed by atoms with van der Waals surface area (Å²) in [5.74, 6) is 0.0221. The lowest BCUT2D eigenvalue weighted by Gasteiger charge is -2.25. The number of aromatic nitrogens is 3. The molecule has 0 aromatic carbocycles. The van der Waals surface area contributed by atoms with Gasteiger partial charge in [0.15, 0.2) is 0 Å². The maximum Gasteiger partial charge on any atom is 0.273 e. The van der Waals surface area contributed by atoms with Crippen molar-refractivity contribution >= 4 is 17.2 Å². The Morgan fingerprint density at radius 3 is 2.70 bits per heavy atom. The summed E-state index contributed by atoms with van der Waals surface area (Å²) in [7, 11) is 0. The van der Waals surface area contributed by atoms with Gasteiger partial charge in [0.2, 0.25) is 0 Å². The molecule has 5 nitrogen and oxygen atoms in total. The molecule has 3 heterocycles. The molecule has 6 heteroatoms. The van der Waals surface area contributed by atoms with Gasteiger partial charge in [-0.1, -0.05) is 0 Å². The van der Waals surface area contributed by atoms with Crippen molar-refractivity contribution in [2.24, 2.45) is 0 Å². The fourth-order valence-electron chi connectivity index (χ4n) is 2.63. The second-order valence-electron chi connectivity index (χ2n) is 5.12. The molecule has 0 radical (unpaired) electrons. The van der Waals surface area contributed by atoms with Crippen LogP contribution in [0.3, 0.4) is 0 Å². The van der Waals surface area contributed by atoms with Crippen molar-refractivity contribution < 1.29 is 4.79 Å². The predicted molar refractivity (Wildman–Crippen MR) is 77.5 cm³/mol. The molecular weight excluding hydrogens is 272 g/mol. The molecule has 1 aliphatic rings. The number of thiazole rings is 1. The summed E-state index contributed by atoms with van der Waals surface area (Å²) in [5.41, 5.74) is 1.22. The van der Waals surface area contributed by atoms with E-state index in [1.807, 2.05) is 10.3 Å². The summed E-state index contributed by atoms with van der Waals surface area (Å²) < 4.78 is 0. The van der Waals surface area contributed by atoms with Crippen LogP contribution in [0.1, 0.15) is 37.2 Å². The van der Waals surface area contributed by atoms with E-state index in [-0.39, 0.29) is 5.91 Å². The van der Waals surface area contributed by atoms with Crippen molar-refractivity contribution in [2.45, 2.75) is 38.8 Å². The minimum atomic E-state index is 0.0221. The molecule has 1 amide bonds. The van der Waals surface area contributed by atoms with Crippen molar-refractivity contribution in [1.82, 2.24) is 19.9 Å². The van der Waals surface area contributed by atoms with Crippen LogP contribution in [0.4, 0.5) is 0 Å². The van der Waals surface area contributed by atoms with E-state index in [0.717, 1.165) is 17.8 Å². The molecule has 104 valence electrons. The molecule has 0 N–H and O–H groups in total. The van der Waals surface area contributed by atoms with Gasteiger partial charge in [-0.05, 0) is 26.7 Å². The van der Waals surface area contributed by atoms with Crippen molar-refractivity contribution in [2.75, 3.05) is 0 Å². The Kier molecular flexibility index (Phi) is 3.48. The van der Waals surface area contributed by atoms with Gasteiger partial charge in [-0.15, -0.1) is 11.3 Å². The smallest absolute Gasteiger partial charge is 0.273 e. The summed E-state index contributed by atoms with van der Waals surface area (Å²) >= 11 is 1.43. The van der Waals surface area contributed by atoms with Gasteiger partial charge in [-0.3, -0.25) is 14.8 Å². The highest BCUT2D eigenvalue weighted by Crippen LogP contribution is 2.27. The molecule has 2 atom stereocenters. The fraction of sp³-hybridized carbons (Fsp3) is 0.429. The minimum absolute atomic E-state index is 0.0221. The largest absolute Gasteiger partial charge is 0.332 e. The Labute approximate surface area is 121 Å². The normalized spacial score (nSPS) is 22.2. The number of carbonyl (C=O) groups is 1. The monoisotopic (exact) mass is 288 g/mol. The Morgan fingerprint density at radius 2 is 2.05 bits per heavy atom. The minimum Gasteiger partial charge on any atom is -0.332 e. The van der Waals surface area contributed by atoms with Crippen LogP contribution in [-0.2, 0) is 0 Å². The van der Waals surface area contributed by atoms with E-state index in [1.54, 1.807) is 18.6 Å². The maximum absolute atomic E-state index is 12.5. The van der Waals surface area contributed by atoms with E-state index in [1.165, 1.54) is 11.3 Å². The second-order valence-corrected chi connectivity index (χ2v) is 5.97. The third-order valence-corrected chi connectivity index (χ3v) is 4.56. The van der Waals surface area contributed by atoms with Gasteiger partial charge < -0.3 is 4.90 Å². The summed E-state index contributed by atoms with van der Waals surface area (Å²) in [6.45, 7) is 4.19. The number of carbonyl (C=O) groups excluding carboxylic acids is 1. The molecule has 20 heavy (non-hydrogen) atoms. The number of hydrogen-bond donors (Lipinski definition) is 0. The maximum atomic E-state index is 12.5. The lowest BCUT2D eigenvalue weighted by Crippen LogP contribution is -2.38. The zero-order valence-corrected chi connectivity index (χ0v) is 12.3. The average Bonchev–Trinajstić information content (AvgIpc) is 3.07. The predicted octanol–water partition coefficient (Wildman–Crippen LogP) is 2.61. The first-order valence-electron chi connectivity index (χ1n) is 6.71. The third kappa shape index (κ3) is 2.31.